The molecule has 2 rings (SSSR count). The van der Waals surface area contributed by atoms with Crippen molar-refractivity contribution in [1.29, 1.82) is 0 Å². The number of hydrogen-bond acceptors (Lipinski definition) is 4. The second-order valence-corrected chi connectivity index (χ2v) is 8.94. The van der Waals surface area contributed by atoms with Gasteiger partial charge in [-0.05, 0) is 57.5 Å². The van der Waals surface area contributed by atoms with Gasteiger partial charge in [-0.15, -0.1) is 0 Å². The summed E-state index contributed by atoms with van der Waals surface area (Å²) in [5.74, 6) is 0.974. The van der Waals surface area contributed by atoms with Crippen molar-refractivity contribution in [2.24, 2.45) is 11.8 Å². The quantitative estimate of drug-likeness (QED) is 0.696. The van der Waals surface area contributed by atoms with Crippen molar-refractivity contribution in [3.63, 3.8) is 0 Å². The molecule has 0 aliphatic carbocycles. The summed E-state index contributed by atoms with van der Waals surface area (Å²) in [7, 11) is 5.58. The summed E-state index contributed by atoms with van der Waals surface area (Å²) in [5, 5.41) is 3.73. The van der Waals surface area contributed by atoms with Crippen LogP contribution in [-0.2, 0) is 4.79 Å². The van der Waals surface area contributed by atoms with E-state index in [2.05, 4.69) is 24.1 Å². The zero-order valence-corrected chi connectivity index (χ0v) is 19.0. The van der Waals surface area contributed by atoms with E-state index < -0.39 is 0 Å². The monoisotopic (exact) mass is 423 g/mol. The van der Waals surface area contributed by atoms with Crippen LogP contribution in [0.5, 0.6) is 5.75 Å². The van der Waals surface area contributed by atoms with Gasteiger partial charge >= 0.3 is 0 Å². The smallest absolute Gasteiger partial charge is 0.257 e. The van der Waals surface area contributed by atoms with Crippen LogP contribution in [0.3, 0.4) is 0 Å². The Balaban J connectivity index is 1.95. The maximum absolute atomic E-state index is 12.9. The fraction of sp³-hybridized carbons (Fsp3) is 0.636. The van der Waals surface area contributed by atoms with Crippen LogP contribution >= 0.6 is 11.6 Å². The van der Waals surface area contributed by atoms with Gasteiger partial charge in [0.15, 0.2) is 0 Å². The van der Waals surface area contributed by atoms with E-state index in [0.717, 1.165) is 13.0 Å². The third kappa shape index (κ3) is 6.89. The Hall–Kier alpha value is -1.79. The van der Waals surface area contributed by atoms with Crippen molar-refractivity contribution in [3.05, 3.63) is 28.8 Å². The lowest BCUT2D eigenvalue weighted by atomic mass is 9.94. The average molecular weight is 424 g/mol. The molecule has 1 heterocycles. The molecule has 2 amide bonds. The normalized spacial score (nSPS) is 16.2. The minimum Gasteiger partial charge on any atom is -0.496 e. The van der Waals surface area contributed by atoms with E-state index >= 15 is 0 Å². The molecule has 1 atom stereocenters. The molecule has 1 fully saturated rings. The Morgan fingerprint density at radius 1 is 1.28 bits per heavy atom. The molecule has 1 aliphatic heterocycles. The molecule has 1 N–H and O–H groups in total. The van der Waals surface area contributed by atoms with Gasteiger partial charge in [0, 0.05) is 36.6 Å². The van der Waals surface area contributed by atoms with Crippen molar-refractivity contribution in [1.82, 2.24) is 15.1 Å². The number of piperidine rings is 1. The lowest BCUT2D eigenvalue weighted by Crippen LogP contribution is -2.48. The molecule has 1 aliphatic rings. The van der Waals surface area contributed by atoms with Crippen LogP contribution in [0.15, 0.2) is 18.2 Å². The SMILES string of the molecule is COc1ccc(Cl)cc1C(=O)N1CCC(C(=O)NC(CC(C)C)CN(C)C)CC1. The van der Waals surface area contributed by atoms with Crippen LogP contribution in [0.2, 0.25) is 5.02 Å². The van der Waals surface area contributed by atoms with Gasteiger partial charge in [-0.2, -0.15) is 0 Å². The van der Waals surface area contributed by atoms with E-state index in [1.165, 1.54) is 7.11 Å². The number of nitrogens with zero attached hydrogens (tertiary/aromatic N) is 2. The van der Waals surface area contributed by atoms with Crippen molar-refractivity contribution in [3.8, 4) is 5.75 Å². The number of rotatable bonds is 8. The molecular weight excluding hydrogens is 390 g/mol. The van der Waals surface area contributed by atoms with Gasteiger partial charge in [0.25, 0.3) is 5.91 Å². The summed E-state index contributed by atoms with van der Waals surface area (Å²) < 4.78 is 5.30. The summed E-state index contributed by atoms with van der Waals surface area (Å²) >= 11 is 6.06. The maximum Gasteiger partial charge on any atom is 0.257 e. The first-order valence-corrected chi connectivity index (χ1v) is 10.7. The summed E-state index contributed by atoms with van der Waals surface area (Å²) in [6.45, 7) is 6.27. The fourth-order valence-electron chi connectivity index (χ4n) is 3.87. The summed E-state index contributed by atoms with van der Waals surface area (Å²) in [5.41, 5.74) is 0.464. The molecule has 1 unspecified atom stereocenters. The van der Waals surface area contributed by atoms with Gasteiger partial charge in [-0.1, -0.05) is 25.4 Å². The zero-order valence-electron chi connectivity index (χ0n) is 18.2. The van der Waals surface area contributed by atoms with E-state index in [1.54, 1.807) is 23.1 Å². The van der Waals surface area contributed by atoms with E-state index in [9.17, 15) is 9.59 Å². The Bertz CT molecular complexity index is 691. The highest BCUT2D eigenvalue weighted by atomic mass is 35.5. The van der Waals surface area contributed by atoms with Crippen molar-refractivity contribution in [2.45, 2.75) is 39.2 Å². The number of likely N-dealkylation sites (N-methyl/N-ethyl adjacent to an activating group) is 1. The highest BCUT2D eigenvalue weighted by Crippen LogP contribution is 2.26. The van der Waals surface area contributed by atoms with E-state index in [4.69, 9.17) is 16.3 Å². The molecule has 0 aromatic heterocycles. The third-order valence-corrected chi connectivity index (χ3v) is 5.47. The van der Waals surface area contributed by atoms with Crippen LogP contribution in [-0.4, -0.2) is 68.5 Å². The Kier molecular flexibility index (Phi) is 8.78. The molecule has 162 valence electrons. The Morgan fingerprint density at radius 2 is 1.93 bits per heavy atom. The molecule has 0 radical (unpaired) electrons. The number of carbonyl (C=O) groups is 2. The number of hydrogen-bond donors (Lipinski definition) is 1. The van der Waals surface area contributed by atoms with Crippen LogP contribution in [0, 0.1) is 11.8 Å². The number of amides is 2. The first-order chi connectivity index (χ1) is 13.7. The molecule has 6 nitrogen and oxygen atoms in total. The fourth-order valence-corrected chi connectivity index (χ4v) is 4.04. The largest absolute Gasteiger partial charge is 0.496 e. The van der Waals surface area contributed by atoms with Crippen LogP contribution in [0.25, 0.3) is 0 Å². The second-order valence-electron chi connectivity index (χ2n) is 8.51. The Morgan fingerprint density at radius 3 is 2.48 bits per heavy atom. The summed E-state index contributed by atoms with van der Waals surface area (Å²) in [4.78, 5) is 29.6. The lowest BCUT2D eigenvalue weighted by Gasteiger charge is -2.33. The van der Waals surface area contributed by atoms with Crippen LogP contribution in [0.1, 0.15) is 43.5 Å². The third-order valence-electron chi connectivity index (χ3n) is 5.23. The minimum atomic E-state index is -0.103. The van der Waals surface area contributed by atoms with Crippen LogP contribution in [0.4, 0.5) is 0 Å². The van der Waals surface area contributed by atoms with Gasteiger partial charge in [-0.3, -0.25) is 9.59 Å². The molecule has 29 heavy (non-hydrogen) atoms. The molecule has 1 aromatic rings. The molecule has 1 aromatic carbocycles. The first kappa shape index (κ1) is 23.5. The first-order valence-electron chi connectivity index (χ1n) is 10.3. The molecule has 7 heteroatoms. The standard InChI is InChI=1S/C22H34ClN3O3/c1-15(2)12-18(14-25(3)4)24-21(27)16-8-10-26(11-9-16)22(28)19-13-17(23)6-7-20(19)29-5/h6-7,13,15-16,18H,8-12,14H2,1-5H3,(H,24,27). The average Bonchev–Trinajstić information content (AvgIpc) is 2.66. The number of methoxy groups -OCH3 is 1. The van der Waals surface area contributed by atoms with Crippen molar-refractivity contribution >= 4 is 23.4 Å². The highest BCUT2D eigenvalue weighted by Gasteiger charge is 2.30. The van der Waals surface area contributed by atoms with Gasteiger partial charge < -0.3 is 19.9 Å². The number of halogens is 1. The number of ether oxygens (including phenoxy) is 1. The lowest BCUT2D eigenvalue weighted by molar-refractivity contribution is -0.127. The number of nitrogens with one attached hydrogen (secondary N) is 1. The number of carbonyl (C=O) groups excluding carboxylic acids is 2. The van der Waals surface area contributed by atoms with Gasteiger partial charge in [0.05, 0.1) is 12.7 Å². The predicted octanol–water partition coefficient (Wildman–Crippen LogP) is 3.29. The van der Waals surface area contributed by atoms with E-state index in [-0.39, 0.29) is 23.8 Å². The molecule has 0 bridgehead atoms. The summed E-state index contributed by atoms with van der Waals surface area (Å²) in [6, 6.07) is 5.19. The van der Waals surface area contributed by atoms with Gasteiger partial charge in [0.2, 0.25) is 5.91 Å². The minimum absolute atomic E-state index is 0.0582. The molecular formula is C22H34ClN3O3. The van der Waals surface area contributed by atoms with Gasteiger partial charge in [0.1, 0.15) is 5.75 Å². The zero-order chi connectivity index (χ0) is 21.6. The van der Waals surface area contributed by atoms with E-state index in [0.29, 0.717) is 48.2 Å². The van der Waals surface area contributed by atoms with Crippen molar-refractivity contribution < 1.29 is 14.3 Å². The van der Waals surface area contributed by atoms with Crippen LogP contribution < -0.4 is 10.1 Å². The topological polar surface area (TPSA) is 61.9 Å². The predicted molar refractivity (Wildman–Crippen MR) is 117 cm³/mol. The van der Waals surface area contributed by atoms with Crippen molar-refractivity contribution in [2.75, 3.05) is 40.8 Å². The highest BCUT2D eigenvalue weighted by molar-refractivity contribution is 6.31. The van der Waals surface area contributed by atoms with Gasteiger partial charge in [-0.25, -0.2) is 0 Å². The maximum atomic E-state index is 12.9. The molecule has 0 spiro atoms. The molecule has 1 saturated heterocycles. The van der Waals surface area contributed by atoms with E-state index in [1.807, 2.05) is 14.1 Å². The summed E-state index contributed by atoms with van der Waals surface area (Å²) in [6.07, 6.45) is 2.28. The number of likely N-dealkylation sites (tertiary alicyclic amines) is 1. The Labute approximate surface area is 179 Å². The molecule has 0 saturated carbocycles. The number of benzene rings is 1. The second kappa shape index (κ2) is 10.8.